The lowest BCUT2D eigenvalue weighted by Crippen LogP contribution is -2.20. The van der Waals surface area contributed by atoms with Gasteiger partial charge in [-0.1, -0.05) is 13.0 Å². The number of carboxylic acid groups (broad SMARTS) is 1. The zero-order valence-corrected chi connectivity index (χ0v) is 8.92. The van der Waals surface area contributed by atoms with Crippen LogP contribution in [0.15, 0.2) is 24.4 Å². The number of carboxylic acids is 1. The van der Waals surface area contributed by atoms with Crippen molar-refractivity contribution in [3.63, 3.8) is 0 Å². The molecule has 0 saturated carbocycles. The topological polar surface area (TPSA) is 76.5 Å². The van der Waals surface area contributed by atoms with Gasteiger partial charge in [-0.2, -0.15) is 0 Å². The third kappa shape index (κ3) is 3.34. The minimum absolute atomic E-state index is 0.205. The molecule has 0 amide bonds. The minimum Gasteiger partial charge on any atom is -0.478 e. The molecule has 1 heterocycles. The molecule has 0 radical (unpaired) electrons. The number of nitrogens with zero attached hydrogens (tertiary/aromatic N) is 1. The van der Waals surface area contributed by atoms with E-state index >= 15 is 0 Å². The van der Waals surface area contributed by atoms with Gasteiger partial charge in [0.2, 0.25) is 6.10 Å². The van der Waals surface area contributed by atoms with Gasteiger partial charge in [0.05, 0.1) is 5.69 Å². The van der Waals surface area contributed by atoms with Gasteiger partial charge in [0.1, 0.15) is 0 Å². The predicted octanol–water partition coefficient (Wildman–Crippen LogP) is 1.55. The van der Waals surface area contributed by atoms with Crippen LogP contribution in [0, 0.1) is 0 Å². The van der Waals surface area contributed by atoms with Crippen LogP contribution in [0.5, 0.6) is 0 Å². The molecular weight excluding hydrogens is 210 g/mol. The van der Waals surface area contributed by atoms with E-state index < -0.39 is 18.0 Å². The Bertz CT molecular complexity index is 364. The van der Waals surface area contributed by atoms with Gasteiger partial charge in [-0.3, -0.25) is 9.78 Å². The summed E-state index contributed by atoms with van der Waals surface area (Å²) in [6.07, 6.45) is 0.961. The lowest BCUT2D eigenvalue weighted by molar-refractivity contribution is -0.164. The van der Waals surface area contributed by atoms with Gasteiger partial charge in [-0.25, -0.2) is 4.79 Å². The number of aliphatic carboxylic acids is 1. The van der Waals surface area contributed by atoms with Crippen molar-refractivity contribution in [2.45, 2.75) is 25.9 Å². The van der Waals surface area contributed by atoms with Gasteiger partial charge in [-0.15, -0.1) is 0 Å². The maximum Gasteiger partial charge on any atom is 0.351 e. The van der Waals surface area contributed by atoms with Gasteiger partial charge < -0.3 is 9.84 Å². The van der Waals surface area contributed by atoms with E-state index in [0.29, 0.717) is 6.42 Å². The molecule has 86 valence electrons. The summed E-state index contributed by atoms with van der Waals surface area (Å²) in [7, 11) is 0. The maximum absolute atomic E-state index is 11.2. The van der Waals surface area contributed by atoms with Crippen LogP contribution < -0.4 is 0 Å². The van der Waals surface area contributed by atoms with Crippen molar-refractivity contribution in [1.29, 1.82) is 0 Å². The number of hydrogen-bond acceptors (Lipinski definition) is 4. The number of rotatable bonds is 5. The minimum atomic E-state index is -1.32. The first-order valence-electron chi connectivity index (χ1n) is 4.98. The van der Waals surface area contributed by atoms with Gasteiger partial charge >= 0.3 is 11.9 Å². The standard InChI is InChI=1S/C11H13NO4/c1-2-5-9(13)16-10(11(14)15)8-6-3-4-7-12-8/h3-4,6-7,10H,2,5H2,1H3,(H,14,15). The molecule has 0 aliphatic rings. The van der Waals surface area contributed by atoms with Gasteiger partial charge in [0.25, 0.3) is 0 Å². The summed E-state index contributed by atoms with van der Waals surface area (Å²) in [4.78, 5) is 26.0. The molecule has 0 bridgehead atoms. The van der Waals surface area contributed by atoms with Gasteiger partial charge in [-0.05, 0) is 18.6 Å². The first-order valence-corrected chi connectivity index (χ1v) is 4.98. The van der Waals surface area contributed by atoms with Crippen LogP contribution in [0.3, 0.4) is 0 Å². The summed E-state index contributed by atoms with van der Waals surface area (Å²) < 4.78 is 4.84. The Balaban J connectivity index is 2.77. The highest BCUT2D eigenvalue weighted by Gasteiger charge is 2.24. The van der Waals surface area contributed by atoms with E-state index in [9.17, 15) is 9.59 Å². The monoisotopic (exact) mass is 223 g/mol. The molecule has 0 fully saturated rings. The van der Waals surface area contributed by atoms with Crippen LogP contribution in [-0.2, 0) is 14.3 Å². The highest BCUT2D eigenvalue weighted by molar-refractivity contribution is 5.78. The molecule has 1 aromatic heterocycles. The Morgan fingerprint density at radius 3 is 2.75 bits per heavy atom. The summed E-state index contributed by atoms with van der Waals surface area (Å²) in [6, 6.07) is 4.82. The summed E-state index contributed by atoms with van der Waals surface area (Å²) >= 11 is 0. The normalized spacial score (nSPS) is 11.8. The Morgan fingerprint density at radius 2 is 2.25 bits per heavy atom. The molecule has 5 nitrogen and oxygen atoms in total. The van der Waals surface area contributed by atoms with Crippen molar-refractivity contribution in [2.75, 3.05) is 0 Å². The molecule has 0 aliphatic carbocycles. The van der Waals surface area contributed by atoms with E-state index in [-0.39, 0.29) is 12.1 Å². The molecular formula is C11H13NO4. The van der Waals surface area contributed by atoms with Crippen LogP contribution in [0.25, 0.3) is 0 Å². The van der Waals surface area contributed by atoms with Crippen molar-refractivity contribution in [2.24, 2.45) is 0 Å². The lowest BCUT2D eigenvalue weighted by Gasteiger charge is -2.12. The molecule has 1 N–H and O–H groups in total. The fraction of sp³-hybridized carbons (Fsp3) is 0.364. The molecule has 1 atom stereocenters. The number of ether oxygens (including phenoxy) is 1. The zero-order chi connectivity index (χ0) is 12.0. The molecule has 1 rings (SSSR count). The van der Waals surface area contributed by atoms with Crippen LogP contribution in [0.4, 0.5) is 0 Å². The maximum atomic E-state index is 11.2. The van der Waals surface area contributed by atoms with Crippen molar-refractivity contribution in [3.8, 4) is 0 Å². The third-order valence-corrected chi connectivity index (χ3v) is 1.88. The Labute approximate surface area is 93.1 Å². The predicted molar refractivity (Wildman–Crippen MR) is 55.6 cm³/mol. The van der Waals surface area contributed by atoms with Crippen molar-refractivity contribution in [1.82, 2.24) is 4.98 Å². The van der Waals surface area contributed by atoms with E-state index in [1.807, 2.05) is 6.92 Å². The summed E-state index contributed by atoms with van der Waals surface area (Å²) in [5.41, 5.74) is 0.222. The number of carbonyl (C=O) groups is 2. The van der Waals surface area contributed by atoms with Gasteiger partial charge in [0, 0.05) is 12.6 Å². The molecule has 0 aromatic carbocycles. The van der Waals surface area contributed by atoms with Crippen LogP contribution >= 0.6 is 0 Å². The number of esters is 1. The second-order valence-corrected chi connectivity index (χ2v) is 3.21. The first-order chi connectivity index (χ1) is 7.65. The smallest absolute Gasteiger partial charge is 0.351 e. The lowest BCUT2D eigenvalue weighted by atomic mass is 10.2. The Kier molecular flexibility index (Phi) is 4.44. The average molecular weight is 223 g/mol. The Hall–Kier alpha value is -1.91. The van der Waals surface area contributed by atoms with Crippen molar-refractivity contribution >= 4 is 11.9 Å². The van der Waals surface area contributed by atoms with Gasteiger partial charge in [0.15, 0.2) is 0 Å². The Morgan fingerprint density at radius 1 is 1.50 bits per heavy atom. The van der Waals surface area contributed by atoms with E-state index in [1.54, 1.807) is 12.1 Å². The fourth-order valence-electron chi connectivity index (χ4n) is 1.16. The van der Waals surface area contributed by atoms with E-state index in [2.05, 4.69) is 4.98 Å². The largest absolute Gasteiger partial charge is 0.478 e. The quantitative estimate of drug-likeness (QED) is 0.766. The van der Waals surface area contributed by atoms with Crippen LogP contribution in [-0.4, -0.2) is 22.0 Å². The molecule has 16 heavy (non-hydrogen) atoms. The molecule has 0 aliphatic heterocycles. The average Bonchev–Trinajstić information content (AvgIpc) is 2.27. The second kappa shape index (κ2) is 5.85. The molecule has 0 spiro atoms. The second-order valence-electron chi connectivity index (χ2n) is 3.21. The number of pyridine rings is 1. The number of carbonyl (C=O) groups excluding carboxylic acids is 1. The highest BCUT2D eigenvalue weighted by Crippen LogP contribution is 2.15. The van der Waals surface area contributed by atoms with E-state index in [1.165, 1.54) is 12.3 Å². The summed E-state index contributed by atoms with van der Waals surface area (Å²) in [5, 5.41) is 8.93. The molecule has 1 unspecified atom stereocenters. The highest BCUT2D eigenvalue weighted by atomic mass is 16.6. The molecule has 5 heteroatoms. The molecule has 1 aromatic rings. The number of aromatic nitrogens is 1. The SMILES string of the molecule is CCCC(=O)OC(C(=O)O)c1ccccn1. The van der Waals surface area contributed by atoms with Crippen LogP contribution in [0.1, 0.15) is 31.6 Å². The van der Waals surface area contributed by atoms with E-state index in [0.717, 1.165) is 0 Å². The van der Waals surface area contributed by atoms with Crippen molar-refractivity contribution < 1.29 is 19.4 Å². The molecule has 0 saturated heterocycles. The summed E-state index contributed by atoms with van der Waals surface area (Å²) in [6.45, 7) is 1.82. The zero-order valence-electron chi connectivity index (χ0n) is 8.92. The number of hydrogen-bond donors (Lipinski definition) is 1. The van der Waals surface area contributed by atoms with Crippen LogP contribution in [0.2, 0.25) is 0 Å². The van der Waals surface area contributed by atoms with Crippen molar-refractivity contribution in [3.05, 3.63) is 30.1 Å². The summed E-state index contributed by atoms with van der Waals surface area (Å²) in [5.74, 6) is -1.75. The van der Waals surface area contributed by atoms with E-state index in [4.69, 9.17) is 9.84 Å². The first kappa shape index (κ1) is 12.2. The third-order valence-electron chi connectivity index (χ3n) is 1.88. The fourth-order valence-corrected chi connectivity index (χ4v) is 1.16.